The summed E-state index contributed by atoms with van der Waals surface area (Å²) in [6, 6.07) is 29.1. The summed E-state index contributed by atoms with van der Waals surface area (Å²) in [5.41, 5.74) is 8.95. The highest BCUT2D eigenvalue weighted by Crippen LogP contribution is 2.43. The number of ether oxygens (including phenoxy) is 4. The Bertz CT molecular complexity index is 1600. The van der Waals surface area contributed by atoms with Gasteiger partial charge in [0.15, 0.2) is 6.61 Å². The van der Waals surface area contributed by atoms with Crippen LogP contribution in [0.15, 0.2) is 107 Å². The monoisotopic (exact) mass is 616 g/mol. The zero-order valence-electron chi connectivity index (χ0n) is 21.0. The lowest BCUT2D eigenvalue weighted by atomic mass is 9.83. The molecule has 1 aliphatic heterocycles. The van der Waals surface area contributed by atoms with E-state index in [1.807, 2.05) is 60.7 Å². The van der Waals surface area contributed by atoms with Gasteiger partial charge >= 0.3 is 5.97 Å². The van der Waals surface area contributed by atoms with Crippen LogP contribution in [0, 0.1) is 11.3 Å². The molecule has 1 heterocycles. The second-order valence-electron chi connectivity index (χ2n) is 8.83. The van der Waals surface area contributed by atoms with Gasteiger partial charge in [0.1, 0.15) is 41.2 Å². The zero-order valence-corrected chi connectivity index (χ0v) is 23.3. The molecule has 0 aromatic heterocycles. The molecule has 0 fully saturated rings. The number of rotatable bonds is 8. The average molecular weight is 618 g/mol. The molecule has 2 N–H and O–H groups in total. The number of nitrogens with two attached hydrogens (primary N) is 1. The van der Waals surface area contributed by atoms with Gasteiger partial charge in [-0.3, -0.25) is 0 Å². The van der Waals surface area contributed by atoms with E-state index in [4.69, 9.17) is 36.3 Å². The minimum absolute atomic E-state index is 0.00915. The molecule has 9 heteroatoms. The number of hydrogen-bond donors (Lipinski definition) is 1. The maximum absolute atomic E-state index is 12.4. The quantitative estimate of drug-likeness (QED) is 0.170. The third kappa shape index (κ3) is 6.40. The highest BCUT2D eigenvalue weighted by atomic mass is 79.9. The molecule has 4 aromatic carbocycles. The van der Waals surface area contributed by atoms with E-state index in [1.54, 1.807) is 30.3 Å². The molecule has 5 rings (SSSR count). The summed E-state index contributed by atoms with van der Waals surface area (Å²) in [5, 5.41) is 10.5. The van der Waals surface area contributed by atoms with Crippen molar-refractivity contribution in [3.63, 3.8) is 0 Å². The standard InChI is InChI=1S/C31H22BrClN2O5/c32-21-5-11-24(12-6-21)38-18-29(36)39-25-13-14-26-28(15-25)40-31(35)27(16-34)30(26)20-3-9-23(10-4-20)37-17-19-1-7-22(33)8-2-19/h1-15,30H,17-18,35H2. The van der Waals surface area contributed by atoms with Crippen molar-refractivity contribution in [1.82, 2.24) is 0 Å². The SMILES string of the molecule is N#CC1=C(N)Oc2cc(OC(=O)COc3ccc(Br)cc3)ccc2C1c1ccc(OCc2ccc(Cl)cc2)cc1. The van der Waals surface area contributed by atoms with Crippen LogP contribution in [0.2, 0.25) is 5.02 Å². The number of carbonyl (C=O) groups excluding carboxylic acids is 1. The molecule has 200 valence electrons. The predicted molar refractivity (Wildman–Crippen MR) is 153 cm³/mol. The van der Waals surface area contributed by atoms with Crippen LogP contribution in [0.25, 0.3) is 0 Å². The van der Waals surface area contributed by atoms with Crippen LogP contribution in [0.4, 0.5) is 0 Å². The highest BCUT2D eigenvalue weighted by molar-refractivity contribution is 9.10. The Morgan fingerprint density at radius 2 is 1.57 bits per heavy atom. The molecular formula is C31H22BrClN2O5. The maximum Gasteiger partial charge on any atom is 0.349 e. The molecule has 0 saturated heterocycles. The lowest BCUT2D eigenvalue weighted by Gasteiger charge is -2.26. The molecule has 0 saturated carbocycles. The number of halogens is 2. The summed E-state index contributed by atoms with van der Waals surface area (Å²) in [7, 11) is 0. The van der Waals surface area contributed by atoms with E-state index < -0.39 is 11.9 Å². The zero-order chi connectivity index (χ0) is 28.1. The van der Waals surface area contributed by atoms with Gasteiger partial charge in [-0.25, -0.2) is 4.79 Å². The summed E-state index contributed by atoms with van der Waals surface area (Å²) in [6.07, 6.45) is 0. The summed E-state index contributed by atoms with van der Waals surface area (Å²) < 4.78 is 23.5. The second-order valence-corrected chi connectivity index (χ2v) is 10.2. The number of carbonyl (C=O) groups is 1. The van der Waals surface area contributed by atoms with Gasteiger partial charge in [-0.1, -0.05) is 57.9 Å². The molecule has 0 amide bonds. The van der Waals surface area contributed by atoms with E-state index in [-0.39, 0.29) is 23.8 Å². The first-order valence-corrected chi connectivity index (χ1v) is 13.3. The molecule has 40 heavy (non-hydrogen) atoms. The van der Waals surface area contributed by atoms with Crippen molar-refractivity contribution in [1.29, 1.82) is 5.26 Å². The Kier molecular flexibility index (Phi) is 8.25. The van der Waals surface area contributed by atoms with Gasteiger partial charge in [-0.2, -0.15) is 5.26 Å². The van der Waals surface area contributed by atoms with Crippen molar-refractivity contribution in [3.8, 4) is 29.1 Å². The van der Waals surface area contributed by atoms with Crippen LogP contribution < -0.4 is 24.7 Å². The number of nitriles is 1. The van der Waals surface area contributed by atoms with E-state index in [9.17, 15) is 10.1 Å². The largest absolute Gasteiger partial charge is 0.489 e. The number of allylic oxidation sites excluding steroid dienone is 1. The van der Waals surface area contributed by atoms with E-state index in [1.165, 1.54) is 0 Å². The van der Waals surface area contributed by atoms with Crippen molar-refractivity contribution in [2.75, 3.05) is 6.61 Å². The minimum atomic E-state index is -0.578. The fourth-order valence-corrected chi connectivity index (χ4v) is 4.57. The number of hydrogen-bond acceptors (Lipinski definition) is 7. The first kappa shape index (κ1) is 27.1. The number of esters is 1. The van der Waals surface area contributed by atoms with Gasteiger partial charge in [0.25, 0.3) is 0 Å². The van der Waals surface area contributed by atoms with Gasteiger partial charge in [0.2, 0.25) is 5.88 Å². The molecule has 1 atom stereocenters. The second kappa shape index (κ2) is 12.2. The first-order chi connectivity index (χ1) is 19.4. The van der Waals surface area contributed by atoms with E-state index in [0.717, 1.165) is 15.6 Å². The van der Waals surface area contributed by atoms with Crippen LogP contribution in [-0.4, -0.2) is 12.6 Å². The normalized spacial score (nSPS) is 14.0. The lowest BCUT2D eigenvalue weighted by molar-refractivity contribution is -0.136. The highest BCUT2D eigenvalue weighted by Gasteiger charge is 2.31. The fraction of sp³-hybridized carbons (Fsp3) is 0.0968. The van der Waals surface area contributed by atoms with Crippen LogP contribution >= 0.6 is 27.5 Å². The van der Waals surface area contributed by atoms with Gasteiger partial charge in [-0.15, -0.1) is 0 Å². The molecule has 1 aliphatic rings. The van der Waals surface area contributed by atoms with Gasteiger partial charge in [0, 0.05) is 21.1 Å². The summed E-state index contributed by atoms with van der Waals surface area (Å²) in [4.78, 5) is 12.4. The molecule has 0 radical (unpaired) electrons. The molecular weight excluding hydrogens is 596 g/mol. The molecule has 0 aliphatic carbocycles. The van der Waals surface area contributed by atoms with E-state index in [2.05, 4.69) is 22.0 Å². The number of fused-ring (bicyclic) bond motifs is 1. The maximum atomic E-state index is 12.4. The Morgan fingerprint density at radius 3 is 2.27 bits per heavy atom. The number of benzene rings is 4. The van der Waals surface area contributed by atoms with Gasteiger partial charge in [0.05, 0.1) is 5.92 Å². The topological polar surface area (TPSA) is 104 Å². The van der Waals surface area contributed by atoms with Crippen molar-refractivity contribution in [3.05, 3.63) is 129 Å². The van der Waals surface area contributed by atoms with Gasteiger partial charge < -0.3 is 24.7 Å². The van der Waals surface area contributed by atoms with E-state index in [0.29, 0.717) is 34.4 Å². The van der Waals surface area contributed by atoms with Crippen LogP contribution in [-0.2, 0) is 11.4 Å². The molecule has 4 aromatic rings. The minimum Gasteiger partial charge on any atom is -0.489 e. The lowest BCUT2D eigenvalue weighted by Crippen LogP contribution is -2.21. The third-order valence-electron chi connectivity index (χ3n) is 6.12. The smallest absolute Gasteiger partial charge is 0.349 e. The number of nitrogens with zero attached hydrogens (tertiary/aromatic N) is 1. The average Bonchev–Trinajstić information content (AvgIpc) is 2.96. The van der Waals surface area contributed by atoms with Crippen molar-refractivity contribution in [2.24, 2.45) is 5.73 Å². The Hall–Kier alpha value is -4.45. The van der Waals surface area contributed by atoms with Crippen LogP contribution in [0.1, 0.15) is 22.6 Å². The molecule has 1 unspecified atom stereocenters. The van der Waals surface area contributed by atoms with Crippen LogP contribution in [0.3, 0.4) is 0 Å². The Balaban J connectivity index is 1.29. The summed E-state index contributed by atoms with van der Waals surface area (Å²) >= 11 is 9.30. The summed E-state index contributed by atoms with van der Waals surface area (Å²) in [6.45, 7) is 0.123. The Labute approximate surface area is 244 Å². The summed E-state index contributed by atoms with van der Waals surface area (Å²) in [5.74, 6) is 0.819. The van der Waals surface area contributed by atoms with Gasteiger partial charge in [-0.05, 0) is 65.7 Å². The van der Waals surface area contributed by atoms with Crippen molar-refractivity contribution in [2.45, 2.75) is 12.5 Å². The van der Waals surface area contributed by atoms with Crippen LogP contribution in [0.5, 0.6) is 23.0 Å². The molecule has 0 bridgehead atoms. The predicted octanol–water partition coefficient (Wildman–Crippen LogP) is 6.88. The first-order valence-electron chi connectivity index (χ1n) is 12.2. The fourth-order valence-electron chi connectivity index (χ4n) is 4.18. The molecule has 7 nitrogen and oxygen atoms in total. The van der Waals surface area contributed by atoms with Crippen molar-refractivity contribution < 1.29 is 23.7 Å². The Morgan fingerprint density at radius 1 is 0.925 bits per heavy atom. The third-order valence-corrected chi connectivity index (χ3v) is 6.91. The molecule has 0 spiro atoms. The van der Waals surface area contributed by atoms with E-state index >= 15 is 0 Å². The van der Waals surface area contributed by atoms with Crippen molar-refractivity contribution >= 4 is 33.5 Å².